The highest BCUT2D eigenvalue weighted by molar-refractivity contribution is 5.80. The number of carboxylic acids is 1. The largest absolute Gasteiger partial charge is 0.480 e. The maximum atomic E-state index is 11.8. The van der Waals surface area contributed by atoms with E-state index in [0.29, 0.717) is 12.5 Å². The highest BCUT2D eigenvalue weighted by atomic mass is 16.4. The van der Waals surface area contributed by atoms with Gasteiger partial charge in [-0.05, 0) is 57.5 Å². The Morgan fingerprint density at radius 2 is 2.06 bits per heavy atom. The van der Waals surface area contributed by atoms with Crippen LogP contribution in [0.2, 0.25) is 0 Å². The third kappa shape index (κ3) is 3.23. The standard InChI is InChI=1S/C14H26N2O2/c1-3-8-15-14(13(17)18,12-6-7-12)10-16(2)9-11-4-5-11/h11-12,15H,3-10H2,1-2H3,(H,17,18). The second-order valence-electron chi connectivity index (χ2n) is 6.12. The molecule has 0 aromatic heterocycles. The summed E-state index contributed by atoms with van der Waals surface area (Å²) in [5.74, 6) is 0.469. The van der Waals surface area contributed by atoms with Crippen molar-refractivity contribution in [3.8, 4) is 0 Å². The van der Waals surface area contributed by atoms with Crippen molar-refractivity contribution in [1.82, 2.24) is 10.2 Å². The van der Waals surface area contributed by atoms with Gasteiger partial charge in [0.1, 0.15) is 5.54 Å². The summed E-state index contributed by atoms with van der Waals surface area (Å²) in [4.78, 5) is 14.0. The summed E-state index contributed by atoms with van der Waals surface area (Å²) in [6.07, 6.45) is 5.72. The number of nitrogens with one attached hydrogen (secondary N) is 1. The predicted octanol–water partition coefficient (Wildman–Crippen LogP) is 1.56. The SMILES string of the molecule is CCCNC(CN(C)CC1CC1)(C(=O)O)C1CC1. The third-order valence-electron chi connectivity index (χ3n) is 4.13. The molecule has 2 N–H and O–H groups in total. The van der Waals surface area contributed by atoms with Gasteiger partial charge in [-0.3, -0.25) is 4.79 Å². The Balaban J connectivity index is 1.98. The van der Waals surface area contributed by atoms with Crippen molar-refractivity contribution >= 4 is 5.97 Å². The quantitative estimate of drug-likeness (QED) is 0.655. The van der Waals surface area contributed by atoms with Gasteiger partial charge >= 0.3 is 5.97 Å². The van der Waals surface area contributed by atoms with E-state index in [-0.39, 0.29) is 0 Å². The molecule has 2 aliphatic carbocycles. The first-order chi connectivity index (χ1) is 8.58. The van der Waals surface area contributed by atoms with E-state index in [9.17, 15) is 9.90 Å². The zero-order valence-electron chi connectivity index (χ0n) is 11.6. The number of likely N-dealkylation sites (N-methyl/N-ethyl adjacent to an activating group) is 1. The minimum atomic E-state index is -0.709. The van der Waals surface area contributed by atoms with Crippen LogP contribution >= 0.6 is 0 Å². The molecule has 2 fully saturated rings. The highest BCUT2D eigenvalue weighted by Crippen LogP contribution is 2.41. The summed E-state index contributed by atoms with van der Waals surface area (Å²) in [6.45, 7) is 4.57. The average molecular weight is 254 g/mol. The molecule has 0 aliphatic heterocycles. The van der Waals surface area contributed by atoms with E-state index >= 15 is 0 Å². The lowest BCUT2D eigenvalue weighted by Gasteiger charge is -2.35. The Morgan fingerprint density at radius 3 is 2.50 bits per heavy atom. The summed E-state index contributed by atoms with van der Waals surface area (Å²) in [5.41, 5.74) is -0.709. The fourth-order valence-corrected chi connectivity index (χ4v) is 2.80. The van der Waals surface area contributed by atoms with Gasteiger partial charge in [-0.1, -0.05) is 6.92 Å². The minimum Gasteiger partial charge on any atom is -0.480 e. The van der Waals surface area contributed by atoms with Crippen molar-refractivity contribution in [2.45, 2.75) is 44.6 Å². The van der Waals surface area contributed by atoms with Crippen molar-refractivity contribution < 1.29 is 9.90 Å². The van der Waals surface area contributed by atoms with E-state index in [0.717, 1.165) is 38.3 Å². The summed E-state index contributed by atoms with van der Waals surface area (Å²) >= 11 is 0. The molecule has 0 spiro atoms. The Bertz CT molecular complexity index is 300. The molecule has 18 heavy (non-hydrogen) atoms. The van der Waals surface area contributed by atoms with Crippen LogP contribution in [0, 0.1) is 11.8 Å². The zero-order chi connectivity index (χ0) is 13.2. The molecule has 0 aromatic rings. The van der Waals surface area contributed by atoms with Crippen LogP contribution in [0.4, 0.5) is 0 Å². The number of carbonyl (C=O) groups is 1. The number of hydrogen-bond acceptors (Lipinski definition) is 3. The molecule has 4 heteroatoms. The second-order valence-corrected chi connectivity index (χ2v) is 6.12. The van der Waals surface area contributed by atoms with Gasteiger partial charge in [-0.2, -0.15) is 0 Å². The molecule has 1 unspecified atom stereocenters. The number of hydrogen-bond donors (Lipinski definition) is 2. The first-order valence-corrected chi connectivity index (χ1v) is 7.25. The fraction of sp³-hybridized carbons (Fsp3) is 0.929. The Kier molecular flexibility index (Phi) is 4.28. The van der Waals surface area contributed by atoms with E-state index in [1.807, 2.05) is 0 Å². The number of carboxylic acid groups (broad SMARTS) is 1. The molecule has 2 saturated carbocycles. The first kappa shape index (κ1) is 13.8. The maximum absolute atomic E-state index is 11.8. The summed E-state index contributed by atoms with van der Waals surface area (Å²) in [7, 11) is 2.06. The van der Waals surface area contributed by atoms with Crippen LogP contribution in [0.1, 0.15) is 39.0 Å². The highest BCUT2D eigenvalue weighted by Gasteiger charge is 2.51. The maximum Gasteiger partial charge on any atom is 0.325 e. The van der Waals surface area contributed by atoms with E-state index in [4.69, 9.17) is 0 Å². The minimum absolute atomic E-state index is 0.322. The molecule has 0 radical (unpaired) electrons. The summed E-state index contributed by atoms with van der Waals surface area (Å²) in [5, 5.41) is 13.0. The van der Waals surface area contributed by atoms with E-state index in [1.165, 1.54) is 12.8 Å². The average Bonchev–Trinajstić information content (AvgIpc) is 3.13. The predicted molar refractivity (Wildman–Crippen MR) is 71.6 cm³/mol. The van der Waals surface area contributed by atoms with Gasteiger partial charge in [-0.15, -0.1) is 0 Å². The lowest BCUT2D eigenvalue weighted by molar-refractivity contribution is -0.147. The molecule has 0 bridgehead atoms. The molecule has 0 saturated heterocycles. The van der Waals surface area contributed by atoms with Gasteiger partial charge in [0.15, 0.2) is 0 Å². The summed E-state index contributed by atoms with van der Waals surface area (Å²) < 4.78 is 0. The van der Waals surface area contributed by atoms with Crippen molar-refractivity contribution in [1.29, 1.82) is 0 Å². The Labute approximate surface area is 110 Å². The molecule has 0 heterocycles. The van der Waals surface area contributed by atoms with Crippen molar-refractivity contribution in [3.05, 3.63) is 0 Å². The molecular weight excluding hydrogens is 228 g/mol. The van der Waals surface area contributed by atoms with Gasteiger partial charge in [0, 0.05) is 13.1 Å². The van der Waals surface area contributed by atoms with E-state index in [2.05, 4.69) is 24.2 Å². The van der Waals surface area contributed by atoms with Crippen LogP contribution in [0.15, 0.2) is 0 Å². The van der Waals surface area contributed by atoms with Crippen LogP contribution in [0.3, 0.4) is 0 Å². The molecule has 4 nitrogen and oxygen atoms in total. The second kappa shape index (κ2) is 5.57. The van der Waals surface area contributed by atoms with Gasteiger partial charge < -0.3 is 15.3 Å². The lowest BCUT2D eigenvalue weighted by atomic mass is 9.92. The van der Waals surface area contributed by atoms with Gasteiger partial charge in [0.05, 0.1) is 0 Å². The molecule has 1 atom stereocenters. The molecule has 2 aliphatic rings. The third-order valence-corrected chi connectivity index (χ3v) is 4.13. The Morgan fingerprint density at radius 1 is 1.39 bits per heavy atom. The number of aliphatic carboxylic acids is 1. The van der Waals surface area contributed by atoms with Gasteiger partial charge in [-0.25, -0.2) is 0 Å². The van der Waals surface area contributed by atoms with Gasteiger partial charge in [0.25, 0.3) is 0 Å². The van der Waals surface area contributed by atoms with Crippen LogP contribution in [-0.2, 0) is 4.79 Å². The topological polar surface area (TPSA) is 52.6 Å². The number of nitrogens with zero attached hydrogens (tertiary/aromatic N) is 1. The molecule has 0 amide bonds. The molecule has 0 aromatic carbocycles. The lowest BCUT2D eigenvalue weighted by Crippen LogP contribution is -2.60. The van der Waals surface area contributed by atoms with Crippen molar-refractivity contribution in [3.63, 3.8) is 0 Å². The van der Waals surface area contributed by atoms with E-state index in [1.54, 1.807) is 0 Å². The van der Waals surface area contributed by atoms with Crippen molar-refractivity contribution in [2.24, 2.45) is 11.8 Å². The fourth-order valence-electron chi connectivity index (χ4n) is 2.80. The van der Waals surface area contributed by atoms with Crippen LogP contribution in [-0.4, -0.2) is 48.2 Å². The smallest absolute Gasteiger partial charge is 0.325 e. The van der Waals surface area contributed by atoms with Crippen molar-refractivity contribution in [2.75, 3.05) is 26.7 Å². The van der Waals surface area contributed by atoms with Crippen LogP contribution < -0.4 is 5.32 Å². The molecular formula is C14H26N2O2. The molecule has 104 valence electrons. The van der Waals surface area contributed by atoms with Crippen LogP contribution in [0.25, 0.3) is 0 Å². The Hall–Kier alpha value is -0.610. The summed E-state index contributed by atoms with van der Waals surface area (Å²) in [6, 6.07) is 0. The van der Waals surface area contributed by atoms with Gasteiger partial charge in [0.2, 0.25) is 0 Å². The first-order valence-electron chi connectivity index (χ1n) is 7.25. The molecule has 2 rings (SSSR count). The normalized spacial score (nSPS) is 23.1. The number of rotatable bonds is 9. The van der Waals surface area contributed by atoms with E-state index < -0.39 is 11.5 Å². The van der Waals surface area contributed by atoms with Crippen LogP contribution in [0.5, 0.6) is 0 Å². The monoisotopic (exact) mass is 254 g/mol. The zero-order valence-corrected chi connectivity index (χ0v) is 11.6.